The molecule has 9 heteroatoms. The van der Waals surface area contributed by atoms with Gasteiger partial charge in [-0.2, -0.15) is 0 Å². The van der Waals surface area contributed by atoms with Gasteiger partial charge in [0.1, 0.15) is 25.4 Å². The number of ether oxygens (including phenoxy) is 6. The number of hydrogen-bond donors (Lipinski definition) is 0. The molecule has 0 aliphatic carbocycles. The lowest BCUT2D eigenvalue weighted by Gasteiger charge is -2.22. The molecule has 1 aromatic rings. The molecule has 1 saturated heterocycles. The van der Waals surface area contributed by atoms with Crippen molar-refractivity contribution in [1.29, 1.82) is 0 Å². The quantitative estimate of drug-likeness (QED) is 0.737. The summed E-state index contributed by atoms with van der Waals surface area (Å²) in [5, 5.41) is 0. The van der Waals surface area contributed by atoms with Gasteiger partial charge in [-0.05, 0) is 13.8 Å². The van der Waals surface area contributed by atoms with Crippen molar-refractivity contribution in [1.82, 2.24) is 0 Å². The maximum absolute atomic E-state index is 12.0. The lowest BCUT2D eigenvalue weighted by Crippen LogP contribution is -2.35. The van der Waals surface area contributed by atoms with E-state index in [-0.39, 0.29) is 46.7 Å². The Morgan fingerprint density at radius 3 is 1.75 bits per heavy atom. The van der Waals surface area contributed by atoms with Gasteiger partial charge in [0.15, 0.2) is 27.0 Å². The van der Waals surface area contributed by atoms with Crippen LogP contribution in [0, 0.1) is 0 Å². The van der Waals surface area contributed by atoms with Gasteiger partial charge in [0.25, 0.3) is 0 Å². The average Bonchev–Trinajstić information content (AvgIpc) is 3.03. The second-order valence-electron chi connectivity index (χ2n) is 5.74. The summed E-state index contributed by atoms with van der Waals surface area (Å²) in [5.41, 5.74) is 0. The third kappa shape index (κ3) is 2.94. The van der Waals surface area contributed by atoms with Crippen LogP contribution in [0.2, 0.25) is 0 Å². The van der Waals surface area contributed by atoms with Crippen molar-refractivity contribution in [3.63, 3.8) is 0 Å². The monoisotopic (exact) mass is 358 g/mol. The van der Waals surface area contributed by atoms with Crippen LogP contribution in [0.3, 0.4) is 0 Å². The van der Waals surface area contributed by atoms with Gasteiger partial charge in [-0.25, -0.2) is 9.59 Å². The molecule has 2 atom stereocenters. The first-order valence-electron chi connectivity index (χ1n) is 7.31. The Kier molecular flexibility index (Phi) is 4.41. The molecule has 0 amide bonds. The molecule has 8 nitrogen and oxygen atoms in total. The van der Waals surface area contributed by atoms with Crippen LogP contribution in [0.1, 0.15) is 33.2 Å². The molecule has 24 heavy (non-hydrogen) atoms. The van der Waals surface area contributed by atoms with Crippen molar-refractivity contribution < 1.29 is 38.0 Å². The van der Waals surface area contributed by atoms with Crippen LogP contribution in [0.5, 0.6) is 11.5 Å². The van der Waals surface area contributed by atoms with Gasteiger partial charge in [0.05, 0.1) is 14.2 Å². The summed E-state index contributed by atoms with van der Waals surface area (Å²) in [7, 11) is 2.50. The normalized spacial score (nSPS) is 24.5. The van der Waals surface area contributed by atoms with Crippen molar-refractivity contribution in [2.45, 2.75) is 31.8 Å². The van der Waals surface area contributed by atoms with E-state index in [0.717, 1.165) is 11.3 Å². The minimum absolute atomic E-state index is 0.143. The lowest BCUT2D eigenvalue weighted by atomic mass is 10.2. The third-order valence-electron chi connectivity index (χ3n) is 3.63. The maximum atomic E-state index is 12.0. The average molecular weight is 358 g/mol. The minimum atomic E-state index is -0.755. The van der Waals surface area contributed by atoms with E-state index in [0.29, 0.717) is 0 Å². The minimum Gasteiger partial charge on any atom is -0.485 e. The molecule has 2 aliphatic rings. The van der Waals surface area contributed by atoms with E-state index in [1.807, 2.05) is 0 Å². The number of fused-ring (bicyclic) bond motifs is 2. The van der Waals surface area contributed by atoms with Crippen LogP contribution in [0.15, 0.2) is 0 Å². The van der Waals surface area contributed by atoms with Gasteiger partial charge in [0, 0.05) is 0 Å². The van der Waals surface area contributed by atoms with E-state index in [2.05, 4.69) is 0 Å². The largest absolute Gasteiger partial charge is 0.485 e. The summed E-state index contributed by atoms with van der Waals surface area (Å²) < 4.78 is 32.5. The van der Waals surface area contributed by atoms with E-state index in [1.54, 1.807) is 13.8 Å². The molecule has 0 N–H and O–H groups in total. The Bertz CT molecular complexity index is 612. The lowest BCUT2D eigenvalue weighted by molar-refractivity contribution is -0.149. The molecule has 1 fully saturated rings. The summed E-state index contributed by atoms with van der Waals surface area (Å²) in [5.74, 6) is -1.65. The number of carbonyl (C=O) groups is 2. The molecular weight excluding hydrogens is 340 g/mol. The second kappa shape index (κ2) is 6.23. The van der Waals surface area contributed by atoms with E-state index in [4.69, 9.17) is 28.4 Å². The molecule has 0 radical (unpaired) electrons. The zero-order valence-corrected chi connectivity index (χ0v) is 14.6. The fourth-order valence-electron chi connectivity index (χ4n) is 2.64. The van der Waals surface area contributed by atoms with Gasteiger partial charge in [-0.1, -0.05) is 0 Å². The Balaban J connectivity index is 1.97. The molecular formula is C15H18O8S. The molecule has 3 heterocycles. The fourth-order valence-corrected chi connectivity index (χ4v) is 3.67. The van der Waals surface area contributed by atoms with Crippen LogP contribution in [-0.2, 0) is 18.9 Å². The highest BCUT2D eigenvalue weighted by Gasteiger charge is 2.44. The first-order valence-corrected chi connectivity index (χ1v) is 8.12. The molecule has 3 rings (SSSR count). The standard InChI is InChI=1S/C15H18O8S/c1-15(2)22-7-5-20-9-10(21-6-8(7)23-15)12(14(17)19-4)24-11(9)13(16)18-3/h7-8H,5-6H2,1-4H3. The Morgan fingerprint density at radius 1 is 0.958 bits per heavy atom. The first kappa shape index (κ1) is 17.0. The van der Waals surface area contributed by atoms with E-state index >= 15 is 0 Å². The predicted octanol–water partition coefficient (Wildman–Crippen LogP) is 1.61. The second-order valence-corrected chi connectivity index (χ2v) is 6.76. The van der Waals surface area contributed by atoms with Crippen LogP contribution in [0.25, 0.3) is 0 Å². The van der Waals surface area contributed by atoms with E-state index in [9.17, 15) is 9.59 Å². The van der Waals surface area contributed by atoms with E-state index < -0.39 is 17.7 Å². The first-order chi connectivity index (χ1) is 11.4. The van der Waals surface area contributed by atoms with Crippen molar-refractivity contribution in [2.75, 3.05) is 27.4 Å². The molecule has 0 spiro atoms. The number of esters is 2. The summed E-state index contributed by atoms with van der Waals surface area (Å²) in [6.45, 7) is 3.91. The summed E-state index contributed by atoms with van der Waals surface area (Å²) >= 11 is 0.906. The Morgan fingerprint density at radius 2 is 1.38 bits per heavy atom. The number of methoxy groups -OCH3 is 2. The Hall–Kier alpha value is -1.84. The maximum Gasteiger partial charge on any atom is 0.352 e. The molecule has 0 saturated carbocycles. The Labute approximate surface area is 142 Å². The topological polar surface area (TPSA) is 89.5 Å². The zero-order chi connectivity index (χ0) is 17.5. The molecule has 2 aliphatic heterocycles. The molecule has 132 valence electrons. The molecule has 2 unspecified atom stereocenters. The summed E-state index contributed by atoms with van der Waals surface area (Å²) in [4.78, 5) is 24.3. The van der Waals surface area contributed by atoms with Gasteiger partial charge in [-0.15, -0.1) is 11.3 Å². The third-order valence-corrected chi connectivity index (χ3v) is 4.75. The summed E-state index contributed by atoms with van der Waals surface area (Å²) in [6, 6.07) is 0. The van der Waals surface area contributed by atoms with Gasteiger partial charge in [-0.3, -0.25) is 0 Å². The highest BCUT2D eigenvalue weighted by atomic mass is 32.1. The van der Waals surface area contributed by atoms with Crippen LogP contribution >= 0.6 is 11.3 Å². The van der Waals surface area contributed by atoms with Crippen molar-refractivity contribution in [2.24, 2.45) is 0 Å². The highest BCUT2D eigenvalue weighted by Crippen LogP contribution is 2.45. The molecule has 0 aromatic carbocycles. The number of hydrogen-bond acceptors (Lipinski definition) is 9. The number of rotatable bonds is 2. The summed E-state index contributed by atoms with van der Waals surface area (Å²) in [6.07, 6.45) is -0.694. The molecule has 0 bridgehead atoms. The SMILES string of the molecule is COC(=O)c1sc(C(=O)OC)c2c1OCC1OC(C)(C)OC1CO2. The van der Waals surface area contributed by atoms with Crippen molar-refractivity contribution in [3.05, 3.63) is 9.75 Å². The zero-order valence-electron chi connectivity index (χ0n) is 13.7. The highest BCUT2D eigenvalue weighted by molar-refractivity contribution is 7.16. The van der Waals surface area contributed by atoms with Gasteiger partial charge >= 0.3 is 11.9 Å². The van der Waals surface area contributed by atoms with Gasteiger partial charge < -0.3 is 28.4 Å². The number of thiophene rings is 1. The van der Waals surface area contributed by atoms with Gasteiger partial charge in [0.2, 0.25) is 0 Å². The van der Waals surface area contributed by atoms with E-state index in [1.165, 1.54) is 14.2 Å². The smallest absolute Gasteiger partial charge is 0.352 e. The van der Waals surface area contributed by atoms with Crippen LogP contribution < -0.4 is 9.47 Å². The molecule has 1 aromatic heterocycles. The van der Waals surface area contributed by atoms with Crippen molar-refractivity contribution >= 4 is 23.3 Å². The van der Waals surface area contributed by atoms with Crippen LogP contribution in [0.4, 0.5) is 0 Å². The predicted molar refractivity (Wildman–Crippen MR) is 81.8 cm³/mol. The van der Waals surface area contributed by atoms with Crippen molar-refractivity contribution in [3.8, 4) is 11.5 Å². The number of carbonyl (C=O) groups excluding carboxylic acids is 2. The fraction of sp³-hybridized carbons (Fsp3) is 0.600. The van der Waals surface area contributed by atoms with Crippen LogP contribution in [-0.4, -0.2) is 57.4 Å².